The highest BCUT2D eigenvalue weighted by molar-refractivity contribution is 6.02. The van der Waals surface area contributed by atoms with Crippen molar-refractivity contribution in [1.82, 2.24) is 20.9 Å². The van der Waals surface area contributed by atoms with Gasteiger partial charge in [0.1, 0.15) is 23.0 Å². The number of hydrogen-bond donors (Lipinski definition) is 4. The monoisotopic (exact) mass is 484 g/mol. The highest BCUT2D eigenvalue weighted by Gasteiger charge is 2.43. The summed E-state index contributed by atoms with van der Waals surface area (Å²) in [4.78, 5) is 54.3. The van der Waals surface area contributed by atoms with E-state index in [1.165, 1.54) is 7.11 Å². The van der Waals surface area contributed by atoms with Gasteiger partial charge in [-0.2, -0.15) is 0 Å². The Balaban J connectivity index is 1.52. The molecule has 1 saturated carbocycles. The van der Waals surface area contributed by atoms with E-state index in [1.54, 1.807) is 26.2 Å². The number of nitrogens with one attached hydrogen (secondary N) is 4. The summed E-state index contributed by atoms with van der Waals surface area (Å²) in [5, 5.41) is 9.13. The van der Waals surface area contributed by atoms with Gasteiger partial charge in [-0.25, -0.2) is 4.79 Å². The Bertz CT molecular complexity index is 1140. The average molecular weight is 485 g/mol. The minimum absolute atomic E-state index is 0.114. The highest BCUT2D eigenvalue weighted by atomic mass is 16.5. The van der Waals surface area contributed by atoms with Gasteiger partial charge < -0.3 is 30.4 Å². The third-order valence-corrected chi connectivity index (χ3v) is 6.83. The van der Waals surface area contributed by atoms with Crippen molar-refractivity contribution >= 4 is 34.6 Å². The summed E-state index contributed by atoms with van der Waals surface area (Å²) in [7, 11) is 2.81. The van der Waals surface area contributed by atoms with Crippen molar-refractivity contribution in [3.8, 4) is 5.75 Å². The lowest BCUT2D eigenvalue weighted by atomic mass is 9.87. The molecule has 0 spiro atoms. The predicted octanol–water partition coefficient (Wildman–Crippen LogP) is 1.65. The molecular formula is C25H32N4O6. The smallest absolute Gasteiger partial charge is 0.331 e. The fraction of sp³-hybridized carbons (Fsp3) is 0.520. The summed E-state index contributed by atoms with van der Waals surface area (Å²) in [5.41, 5.74) is -0.360. The molecule has 0 radical (unpaired) electrons. The van der Waals surface area contributed by atoms with Gasteiger partial charge in [-0.15, -0.1) is 0 Å². The van der Waals surface area contributed by atoms with E-state index in [-0.39, 0.29) is 12.3 Å². The first-order valence-electron chi connectivity index (χ1n) is 11.9. The molecule has 0 bridgehead atoms. The van der Waals surface area contributed by atoms with E-state index in [0.717, 1.165) is 23.7 Å². The molecule has 2 aliphatic rings. The van der Waals surface area contributed by atoms with Gasteiger partial charge in [0.15, 0.2) is 0 Å². The first-order chi connectivity index (χ1) is 16.7. The number of ether oxygens (including phenoxy) is 2. The minimum atomic E-state index is -1.40. The van der Waals surface area contributed by atoms with Crippen molar-refractivity contribution in [3.05, 3.63) is 30.0 Å². The van der Waals surface area contributed by atoms with E-state index < -0.39 is 35.3 Å². The molecule has 2 aromatic rings. The summed E-state index contributed by atoms with van der Waals surface area (Å²) in [6.07, 6.45) is 3.12. The van der Waals surface area contributed by atoms with Crippen LogP contribution in [0.25, 0.3) is 10.9 Å². The number of aromatic amines is 1. The molecule has 10 heteroatoms. The lowest BCUT2D eigenvalue weighted by Gasteiger charge is -2.31. The molecule has 188 valence electrons. The molecule has 1 aromatic carbocycles. The molecule has 3 atom stereocenters. The number of hydrogen-bond acceptors (Lipinski definition) is 6. The van der Waals surface area contributed by atoms with Crippen LogP contribution in [-0.2, 0) is 19.1 Å². The summed E-state index contributed by atoms with van der Waals surface area (Å²) in [6.45, 7) is 2.09. The van der Waals surface area contributed by atoms with Crippen molar-refractivity contribution in [3.63, 3.8) is 0 Å². The molecular weight excluding hydrogens is 452 g/mol. The first-order valence-corrected chi connectivity index (χ1v) is 11.9. The second-order valence-corrected chi connectivity index (χ2v) is 9.60. The Morgan fingerprint density at radius 3 is 2.60 bits per heavy atom. The Kier molecular flexibility index (Phi) is 7.00. The van der Waals surface area contributed by atoms with Gasteiger partial charge in [0.2, 0.25) is 11.8 Å². The van der Waals surface area contributed by atoms with Crippen LogP contribution in [0.4, 0.5) is 0 Å². The topological polar surface area (TPSA) is 139 Å². The van der Waals surface area contributed by atoms with Crippen LogP contribution >= 0.6 is 0 Å². The first kappa shape index (κ1) is 24.6. The molecule has 4 N–H and O–H groups in total. The van der Waals surface area contributed by atoms with Crippen LogP contribution in [0, 0.1) is 11.8 Å². The number of fused-ring (bicyclic) bond motifs is 1. The molecule has 4 rings (SSSR count). The molecule has 3 amide bonds. The SMILES string of the molecule is COC(=O)C(C)(CC1CCNC1=O)NC(=O)[C@H](CC1CC1)NC(=O)c1cc2c(OC)cccc2[nH]1. The van der Waals surface area contributed by atoms with Crippen LogP contribution in [0.2, 0.25) is 0 Å². The number of aromatic nitrogens is 1. The largest absolute Gasteiger partial charge is 0.496 e. The van der Waals surface area contributed by atoms with Gasteiger partial charge in [-0.1, -0.05) is 18.9 Å². The maximum Gasteiger partial charge on any atom is 0.331 e. The van der Waals surface area contributed by atoms with Crippen molar-refractivity contribution in [2.45, 2.75) is 50.6 Å². The average Bonchev–Trinajstić information content (AvgIpc) is 3.40. The number of H-pyrrole nitrogens is 1. The summed E-state index contributed by atoms with van der Waals surface area (Å²) in [6, 6.07) is 6.31. The Morgan fingerprint density at radius 1 is 1.20 bits per heavy atom. The van der Waals surface area contributed by atoms with Crippen molar-refractivity contribution in [1.29, 1.82) is 0 Å². The lowest BCUT2D eigenvalue weighted by molar-refractivity contribution is -0.151. The molecule has 2 heterocycles. The van der Waals surface area contributed by atoms with Crippen LogP contribution in [-0.4, -0.2) is 61.0 Å². The van der Waals surface area contributed by atoms with E-state index in [4.69, 9.17) is 9.47 Å². The van der Waals surface area contributed by atoms with Crippen molar-refractivity contribution in [2.24, 2.45) is 11.8 Å². The number of methoxy groups -OCH3 is 2. The van der Waals surface area contributed by atoms with E-state index in [0.29, 0.717) is 36.7 Å². The molecule has 1 aromatic heterocycles. The Labute approximate surface area is 203 Å². The molecule has 35 heavy (non-hydrogen) atoms. The summed E-state index contributed by atoms with van der Waals surface area (Å²) >= 11 is 0. The Hall–Kier alpha value is -3.56. The van der Waals surface area contributed by atoms with E-state index in [1.807, 2.05) is 12.1 Å². The van der Waals surface area contributed by atoms with Crippen LogP contribution in [0.15, 0.2) is 24.3 Å². The van der Waals surface area contributed by atoms with Gasteiger partial charge in [0, 0.05) is 23.4 Å². The van der Waals surface area contributed by atoms with Crippen LogP contribution in [0.5, 0.6) is 5.75 Å². The number of rotatable bonds is 10. The summed E-state index contributed by atoms with van der Waals surface area (Å²) in [5.74, 6) is -1.13. The lowest BCUT2D eigenvalue weighted by Crippen LogP contribution is -2.59. The van der Waals surface area contributed by atoms with Crippen LogP contribution in [0.1, 0.15) is 49.5 Å². The van der Waals surface area contributed by atoms with Gasteiger partial charge in [-0.05, 0) is 50.3 Å². The zero-order valence-corrected chi connectivity index (χ0v) is 20.2. The maximum absolute atomic E-state index is 13.4. The number of carbonyl (C=O) groups excluding carboxylic acids is 4. The molecule has 1 aliphatic carbocycles. The Morgan fingerprint density at radius 2 is 1.97 bits per heavy atom. The zero-order valence-electron chi connectivity index (χ0n) is 20.2. The van der Waals surface area contributed by atoms with Crippen LogP contribution in [0.3, 0.4) is 0 Å². The maximum atomic E-state index is 13.4. The molecule has 2 unspecified atom stereocenters. The third-order valence-electron chi connectivity index (χ3n) is 6.83. The molecule has 2 fully saturated rings. The molecule has 10 nitrogen and oxygen atoms in total. The predicted molar refractivity (Wildman–Crippen MR) is 128 cm³/mol. The van der Waals surface area contributed by atoms with Crippen molar-refractivity contribution in [2.75, 3.05) is 20.8 Å². The number of carbonyl (C=O) groups is 4. The minimum Gasteiger partial charge on any atom is -0.496 e. The van der Waals surface area contributed by atoms with E-state index in [9.17, 15) is 19.2 Å². The van der Waals surface area contributed by atoms with Gasteiger partial charge >= 0.3 is 5.97 Å². The molecule has 1 aliphatic heterocycles. The van der Waals surface area contributed by atoms with E-state index >= 15 is 0 Å². The standard InChI is InChI=1S/C25H32N4O6/c1-25(24(33)35-3,13-15-9-10-26-21(15)30)29-23(32)18(11-14-7-8-14)28-22(31)19-12-16-17(27-19)5-4-6-20(16)34-2/h4-6,12,14-15,18,27H,7-11,13H2,1-3H3,(H,26,30)(H,28,31)(H,29,32)/t15?,18-,25?/m0/s1. The summed E-state index contributed by atoms with van der Waals surface area (Å²) < 4.78 is 10.3. The van der Waals surface area contributed by atoms with Crippen molar-refractivity contribution < 1.29 is 28.7 Å². The quantitative estimate of drug-likeness (QED) is 0.378. The number of benzene rings is 1. The van der Waals surface area contributed by atoms with Gasteiger partial charge in [0.05, 0.1) is 14.2 Å². The molecule has 1 saturated heterocycles. The fourth-order valence-corrected chi connectivity index (χ4v) is 4.68. The zero-order chi connectivity index (χ0) is 25.2. The van der Waals surface area contributed by atoms with Crippen LogP contribution < -0.4 is 20.7 Å². The van der Waals surface area contributed by atoms with Gasteiger partial charge in [-0.3, -0.25) is 14.4 Å². The fourth-order valence-electron chi connectivity index (χ4n) is 4.68. The number of esters is 1. The second kappa shape index (κ2) is 9.97. The third kappa shape index (κ3) is 5.41. The number of amides is 3. The van der Waals surface area contributed by atoms with Gasteiger partial charge in [0.25, 0.3) is 5.91 Å². The normalized spacial score (nSPS) is 20.0. The highest BCUT2D eigenvalue weighted by Crippen LogP contribution is 2.34. The van der Waals surface area contributed by atoms with E-state index in [2.05, 4.69) is 20.9 Å². The second-order valence-electron chi connectivity index (χ2n) is 9.60.